The highest BCUT2D eigenvalue weighted by Gasteiger charge is 2.50. The number of fused-ring (bicyclic) bond motifs is 2. The fourth-order valence-corrected chi connectivity index (χ4v) is 3.26. The second kappa shape index (κ2) is 4.02. The molecule has 1 aliphatic heterocycles. The molecule has 1 N–H and O–H groups in total. The topological polar surface area (TPSA) is 45.3 Å². The zero-order valence-electron chi connectivity index (χ0n) is 12.0. The number of aromatic amines is 1. The normalized spacial score (nSPS) is 20.9. The number of nitrogens with one attached hydrogen (secondary N) is 1. The van der Waals surface area contributed by atoms with Crippen LogP contribution in [0.5, 0.6) is 0 Å². The summed E-state index contributed by atoms with van der Waals surface area (Å²) in [5.41, 5.74) is 2.06. The molecule has 1 aromatic rings. The number of hydrogen-bond donors (Lipinski definition) is 1. The van der Waals surface area contributed by atoms with Gasteiger partial charge in [-0.3, -0.25) is 4.90 Å². The molecule has 1 amide bonds. The lowest BCUT2D eigenvalue weighted by molar-refractivity contribution is -0.0339. The lowest BCUT2D eigenvalue weighted by Crippen LogP contribution is -2.57. The van der Waals surface area contributed by atoms with Crippen LogP contribution in [0.15, 0.2) is 12.3 Å². The van der Waals surface area contributed by atoms with Gasteiger partial charge in [0.2, 0.25) is 0 Å². The zero-order valence-corrected chi connectivity index (χ0v) is 12.0. The van der Waals surface area contributed by atoms with Crippen LogP contribution in [-0.4, -0.2) is 28.1 Å². The van der Waals surface area contributed by atoms with Gasteiger partial charge < -0.3 is 9.72 Å². The Hall–Kier alpha value is -1.45. The van der Waals surface area contributed by atoms with Crippen molar-refractivity contribution in [3.63, 3.8) is 0 Å². The Morgan fingerprint density at radius 1 is 1.42 bits per heavy atom. The third-order valence-electron chi connectivity index (χ3n) is 4.23. The number of H-pyrrole nitrogens is 1. The zero-order chi connectivity index (χ0) is 13.7. The quantitative estimate of drug-likeness (QED) is 0.780. The van der Waals surface area contributed by atoms with E-state index in [2.05, 4.69) is 11.1 Å². The summed E-state index contributed by atoms with van der Waals surface area (Å²) in [6.45, 7) is 6.51. The molecule has 104 valence electrons. The minimum Gasteiger partial charge on any atom is -0.444 e. The first-order valence-corrected chi connectivity index (χ1v) is 7.10. The van der Waals surface area contributed by atoms with Crippen molar-refractivity contribution < 1.29 is 9.53 Å². The van der Waals surface area contributed by atoms with E-state index in [9.17, 15) is 4.79 Å². The second-order valence-electron chi connectivity index (χ2n) is 6.64. The smallest absolute Gasteiger partial charge is 0.411 e. The van der Waals surface area contributed by atoms with E-state index in [0.717, 1.165) is 25.8 Å². The number of rotatable bonds is 0. The van der Waals surface area contributed by atoms with E-state index in [1.165, 1.54) is 17.7 Å². The second-order valence-corrected chi connectivity index (χ2v) is 6.64. The van der Waals surface area contributed by atoms with Crippen LogP contribution >= 0.6 is 0 Å². The standard InChI is InChI=1S/C15H22N2O2/c1-14(2,3)19-13(18)17-10-6-12-11(5-9-16-12)15(17)7-4-8-15/h5,9,16H,4,6-8,10H2,1-3H3. The fourth-order valence-electron chi connectivity index (χ4n) is 3.26. The summed E-state index contributed by atoms with van der Waals surface area (Å²) in [4.78, 5) is 17.7. The number of aromatic nitrogens is 1. The highest BCUT2D eigenvalue weighted by molar-refractivity contribution is 5.70. The van der Waals surface area contributed by atoms with E-state index >= 15 is 0 Å². The van der Waals surface area contributed by atoms with Gasteiger partial charge in [-0.25, -0.2) is 4.79 Å². The molecular weight excluding hydrogens is 240 g/mol. The molecule has 4 nitrogen and oxygen atoms in total. The monoisotopic (exact) mass is 262 g/mol. The molecule has 0 atom stereocenters. The minimum atomic E-state index is -0.430. The molecule has 1 fully saturated rings. The Morgan fingerprint density at radius 3 is 2.74 bits per heavy atom. The predicted octanol–water partition coefficient (Wildman–Crippen LogP) is 3.19. The van der Waals surface area contributed by atoms with Gasteiger partial charge in [0.15, 0.2) is 0 Å². The van der Waals surface area contributed by atoms with E-state index in [1.54, 1.807) is 0 Å². The largest absolute Gasteiger partial charge is 0.444 e. The van der Waals surface area contributed by atoms with Crippen LogP contribution in [0.4, 0.5) is 4.79 Å². The Morgan fingerprint density at radius 2 is 2.16 bits per heavy atom. The Kier molecular flexibility index (Phi) is 2.66. The maximum atomic E-state index is 12.4. The molecular formula is C15H22N2O2. The molecule has 19 heavy (non-hydrogen) atoms. The van der Waals surface area contributed by atoms with Crippen LogP contribution in [0.2, 0.25) is 0 Å². The molecule has 1 spiro atoms. The Labute approximate surface area is 114 Å². The van der Waals surface area contributed by atoms with Crippen LogP contribution in [-0.2, 0) is 16.7 Å². The van der Waals surface area contributed by atoms with E-state index in [0.29, 0.717) is 0 Å². The van der Waals surface area contributed by atoms with Crippen LogP contribution in [0.25, 0.3) is 0 Å². The van der Waals surface area contributed by atoms with Crippen molar-refractivity contribution in [2.75, 3.05) is 6.54 Å². The summed E-state index contributed by atoms with van der Waals surface area (Å²) in [5, 5.41) is 0. The van der Waals surface area contributed by atoms with E-state index < -0.39 is 5.60 Å². The number of hydrogen-bond acceptors (Lipinski definition) is 2. The van der Waals surface area contributed by atoms with Gasteiger partial charge in [-0.05, 0) is 51.7 Å². The molecule has 2 heterocycles. The van der Waals surface area contributed by atoms with Crippen LogP contribution < -0.4 is 0 Å². The molecule has 0 unspecified atom stereocenters. The van der Waals surface area contributed by atoms with Crippen molar-refractivity contribution in [1.29, 1.82) is 0 Å². The van der Waals surface area contributed by atoms with Crippen molar-refractivity contribution in [1.82, 2.24) is 9.88 Å². The van der Waals surface area contributed by atoms with Crippen molar-refractivity contribution in [2.45, 2.75) is 57.6 Å². The summed E-state index contributed by atoms with van der Waals surface area (Å²) >= 11 is 0. The molecule has 1 saturated carbocycles. The molecule has 2 aliphatic rings. The van der Waals surface area contributed by atoms with Gasteiger partial charge in [-0.2, -0.15) is 0 Å². The van der Waals surface area contributed by atoms with Crippen molar-refractivity contribution in [3.05, 3.63) is 23.5 Å². The van der Waals surface area contributed by atoms with Crippen LogP contribution in [0.3, 0.4) is 0 Å². The highest BCUT2D eigenvalue weighted by atomic mass is 16.6. The molecule has 0 bridgehead atoms. The summed E-state index contributed by atoms with van der Waals surface area (Å²) < 4.78 is 5.58. The summed E-state index contributed by atoms with van der Waals surface area (Å²) in [6.07, 6.45) is 6.00. The molecule has 0 saturated heterocycles. The first kappa shape index (κ1) is 12.6. The van der Waals surface area contributed by atoms with Crippen molar-refractivity contribution in [2.24, 2.45) is 0 Å². The SMILES string of the molecule is CC(C)(C)OC(=O)N1CCc2[nH]ccc2C12CCC2. The molecule has 4 heteroatoms. The number of ether oxygens (including phenoxy) is 1. The molecule has 3 rings (SSSR count). The van der Waals surface area contributed by atoms with E-state index in [4.69, 9.17) is 4.74 Å². The predicted molar refractivity (Wildman–Crippen MR) is 73.0 cm³/mol. The summed E-state index contributed by atoms with van der Waals surface area (Å²) in [6, 6.07) is 2.13. The van der Waals surface area contributed by atoms with Crippen LogP contribution in [0, 0.1) is 0 Å². The minimum absolute atomic E-state index is 0.101. The number of carbonyl (C=O) groups excluding carboxylic acids is 1. The number of nitrogens with zero attached hydrogens (tertiary/aromatic N) is 1. The Balaban J connectivity index is 1.89. The first-order valence-electron chi connectivity index (χ1n) is 7.10. The van der Waals surface area contributed by atoms with Gasteiger partial charge in [0.1, 0.15) is 5.60 Å². The van der Waals surface area contributed by atoms with E-state index in [1.807, 2.05) is 31.9 Å². The average Bonchev–Trinajstić information content (AvgIpc) is 2.70. The Bertz CT molecular complexity index is 494. The maximum Gasteiger partial charge on any atom is 0.411 e. The molecule has 0 aromatic carbocycles. The van der Waals surface area contributed by atoms with Crippen LogP contribution in [0.1, 0.15) is 51.3 Å². The van der Waals surface area contributed by atoms with Gasteiger partial charge in [-0.1, -0.05) is 0 Å². The van der Waals surface area contributed by atoms with Gasteiger partial charge in [0.05, 0.1) is 5.54 Å². The third kappa shape index (κ3) is 1.94. The van der Waals surface area contributed by atoms with Gasteiger partial charge in [0, 0.05) is 24.9 Å². The first-order chi connectivity index (χ1) is 8.92. The molecule has 0 radical (unpaired) electrons. The maximum absolute atomic E-state index is 12.4. The highest BCUT2D eigenvalue weighted by Crippen LogP contribution is 2.50. The van der Waals surface area contributed by atoms with Crippen molar-refractivity contribution >= 4 is 6.09 Å². The summed E-state index contributed by atoms with van der Waals surface area (Å²) in [7, 11) is 0. The van der Waals surface area contributed by atoms with Gasteiger partial charge in [0.25, 0.3) is 0 Å². The van der Waals surface area contributed by atoms with Gasteiger partial charge >= 0.3 is 6.09 Å². The summed E-state index contributed by atoms with van der Waals surface area (Å²) in [5.74, 6) is 0. The average molecular weight is 262 g/mol. The van der Waals surface area contributed by atoms with Gasteiger partial charge in [-0.15, -0.1) is 0 Å². The van der Waals surface area contributed by atoms with E-state index in [-0.39, 0.29) is 11.6 Å². The number of carbonyl (C=O) groups is 1. The third-order valence-corrected chi connectivity index (χ3v) is 4.23. The van der Waals surface area contributed by atoms with Crippen molar-refractivity contribution in [3.8, 4) is 0 Å². The fraction of sp³-hybridized carbons (Fsp3) is 0.667. The molecule has 1 aromatic heterocycles. The molecule has 1 aliphatic carbocycles. The number of amides is 1. The lowest BCUT2D eigenvalue weighted by atomic mass is 9.68. The lowest BCUT2D eigenvalue weighted by Gasteiger charge is -2.52.